The van der Waals surface area contributed by atoms with Crippen molar-refractivity contribution < 1.29 is 13.9 Å². The maximum absolute atomic E-state index is 16.0. The van der Waals surface area contributed by atoms with Crippen molar-refractivity contribution in [1.29, 1.82) is 0 Å². The molecule has 27 heavy (non-hydrogen) atoms. The predicted molar refractivity (Wildman–Crippen MR) is 104 cm³/mol. The minimum Gasteiger partial charge on any atom is -0.497 e. The molecule has 0 saturated carbocycles. The van der Waals surface area contributed by atoms with Gasteiger partial charge in [0.2, 0.25) is 5.67 Å². The van der Waals surface area contributed by atoms with E-state index in [1.807, 2.05) is 60.7 Å². The summed E-state index contributed by atoms with van der Waals surface area (Å²) < 4.78 is 21.2. The van der Waals surface area contributed by atoms with Crippen molar-refractivity contribution in [3.63, 3.8) is 0 Å². The first-order chi connectivity index (χ1) is 13.1. The van der Waals surface area contributed by atoms with Gasteiger partial charge in [0.25, 0.3) is 5.91 Å². The van der Waals surface area contributed by atoms with Crippen LogP contribution in [0.2, 0.25) is 0 Å². The van der Waals surface area contributed by atoms with Gasteiger partial charge in [0.05, 0.1) is 7.11 Å². The first-order valence-electron chi connectivity index (χ1n) is 8.89. The number of amides is 1. The number of nitrogens with zero attached hydrogens (tertiary/aromatic N) is 1. The second-order valence-electron chi connectivity index (χ2n) is 6.71. The van der Waals surface area contributed by atoms with Crippen LogP contribution in [-0.2, 0) is 11.2 Å². The molecule has 0 radical (unpaired) electrons. The molecule has 0 unspecified atom stereocenters. The third-order valence-electron chi connectivity index (χ3n) is 5.04. The number of halogens is 1. The molecule has 0 bridgehead atoms. The Hall–Kier alpha value is -3.14. The standard InChI is InChI=1S/C23H20FNO2/c1-27-20-14-12-19(13-15-20)25-21(18-10-6-3-7-11-18)23(24,22(25)26)16-17-8-4-2-5-9-17/h2-15,21H,16H2,1H3/t21-,23+/m1/s1. The lowest BCUT2D eigenvalue weighted by Crippen LogP contribution is -2.67. The number of hydrogen-bond acceptors (Lipinski definition) is 2. The van der Waals surface area contributed by atoms with Crippen molar-refractivity contribution in [3.8, 4) is 5.75 Å². The molecule has 1 amide bonds. The van der Waals surface area contributed by atoms with E-state index in [1.165, 1.54) is 4.90 Å². The van der Waals surface area contributed by atoms with E-state index >= 15 is 4.39 Å². The van der Waals surface area contributed by atoms with E-state index in [9.17, 15) is 4.79 Å². The zero-order chi connectivity index (χ0) is 18.9. The molecule has 0 spiro atoms. The van der Waals surface area contributed by atoms with Crippen molar-refractivity contribution in [2.75, 3.05) is 12.0 Å². The van der Waals surface area contributed by atoms with Crippen molar-refractivity contribution in [1.82, 2.24) is 0 Å². The Morgan fingerprint density at radius 1 is 0.926 bits per heavy atom. The van der Waals surface area contributed by atoms with Gasteiger partial charge in [-0.2, -0.15) is 0 Å². The molecule has 1 heterocycles. The normalized spacial score (nSPS) is 21.6. The zero-order valence-electron chi connectivity index (χ0n) is 15.0. The molecule has 4 heteroatoms. The Kier molecular flexibility index (Phi) is 4.40. The number of carbonyl (C=O) groups excluding carboxylic acids is 1. The van der Waals surface area contributed by atoms with Gasteiger partial charge in [0.1, 0.15) is 11.8 Å². The van der Waals surface area contributed by atoms with Gasteiger partial charge in [-0.25, -0.2) is 4.39 Å². The number of rotatable bonds is 5. The number of benzene rings is 3. The average Bonchev–Trinajstić information content (AvgIpc) is 2.73. The van der Waals surface area contributed by atoms with Gasteiger partial charge in [0, 0.05) is 12.1 Å². The van der Waals surface area contributed by atoms with Gasteiger partial charge in [-0.1, -0.05) is 60.7 Å². The second-order valence-corrected chi connectivity index (χ2v) is 6.71. The molecule has 1 fully saturated rings. The second kappa shape index (κ2) is 6.88. The fourth-order valence-corrected chi connectivity index (χ4v) is 3.70. The zero-order valence-corrected chi connectivity index (χ0v) is 15.0. The van der Waals surface area contributed by atoms with Crippen LogP contribution in [0.15, 0.2) is 84.9 Å². The van der Waals surface area contributed by atoms with Crippen LogP contribution >= 0.6 is 0 Å². The highest BCUT2D eigenvalue weighted by Crippen LogP contribution is 2.50. The number of anilines is 1. The van der Waals surface area contributed by atoms with E-state index in [-0.39, 0.29) is 6.42 Å². The maximum atomic E-state index is 16.0. The molecular formula is C23H20FNO2. The van der Waals surface area contributed by atoms with Crippen LogP contribution in [0.5, 0.6) is 5.75 Å². The van der Waals surface area contributed by atoms with Crippen molar-refractivity contribution in [2.45, 2.75) is 18.1 Å². The van der Waals surface area contributed by atoms with Crippen LogP contribution in [0.3, 0.4) is 0 Å². The van der Waals surface area contributed by atoms with Gasteiger partial charge in [-0.15, -0.1) is 0 Å². The van der Waals surface area contributed by atoms with E-state index in [0.717, 1.165) is 11.1 Å². The fourth-order valence-electron chi connectivity index (χ4n) is 3.70. The molecule has 1 aliphatic rings. The van der Waals surface area contributed by atoms with Gasteiger partial charge < -0.3 is 4.74 Å². The lowest BCUT2D eigenvalue weighted by molar-refractivity contribution is -0.143. The molecule has 0 N–H and O–H groups in total. The SMILES string of the molecule is COc1ccc(N2C(=O)[C@](F)(Cc3ccccc3)[C@H]2c2ccccc2)cc1. The third-order valence-corrected chi connectivity index (χ3v) is 5.04. The Labute approximate surface area is 158 Å². The van der Waals surface area contributed by atoms with E-state index in [0.29, 0.717) is 11.4 Å². The Bertz CT molecular complexity index is 928. The summed E-state index contributed by atoms with van der Waals surface area (Å²) in [6.07, 6.45) is 0.0545. The van der Waals surface area contributed by atoms with E-state index in [1.54, 1.807) is 31.4 Å². The lowest BCUT2D eigenvalue weighted by Gasteiger charge is -2.51. The Morgan fingerprint density at radius 3 is 2.11 bits per heavy atom. The third kappa shape index (κ3) is 2.97. The summed E-state index contributed by atoms with van der Waals surface area (Å²) in [5.41, 5.74) is 0.286. The number of alkyl halides is 1. The Morgan fingerprint density at radius 2 is 1.52 bits per heavy atom. The average molecular weight is 361 g/mol. The summed E-state index contributed by atoms with van der Waals surface area (Å²) in [4.78, 5) is 14.5. The minimum atomic E-state index is -1.97. The predicted octanol–water partition coefficient (Wildman–Crippen LogP) is 4.73. The van der Waals surface area contributed by atoms with Gasteiger partial charge in [-0.3, -0.25) is 9.69 Å². The summed E-state index contributed by atoms with van der Waals surface area (Å²) >= 11 is 0. The smallest absolute Gasteiger partial charge is 0.268 e. The van der Waals surface area contributed by atoms with Crippen LogP contribution in [-0.4, -0.2) is 18.7 Å². The number of hydrogen-bond donors (Lipinski definition) is 0. The van der Waals surface area contributed by atoms with Crippen LogP contribution in [0.4, 0.5) is 10.1 Å². The van der Waals surface area contributed by atoms with Crippen molar-refractivity contribution in [3.05, 3.63) is 96.1 Å². The molecular weight excluding hydrogens is 341 g/mol. The highest BCUT2D eigenvalue weighted by molar-refractivity contribution is 6.08. The largest absolute Gasteiger partial charge is 0.497 e. The quantitative estimate of drug-likeness (QED) is 0.615. The lowest BCUT2D eigenvalue weighted by atomic mass is 9.75. The van der Waals surface area contributed by atoms with Crippen LogP contribution in [0, 0.1) is 0 Å². The molecule has 2 atom stereocenters. The molecule has 3 aromatic rings. The molecule has 4 rings (SSSR count). The Balaban J connectivity index is 1.72. The van der Waals surface area contributed by atoms with Crippen LogP contribution in [0.25, 0.3) is 0 Å². The summed E-state index contributed by atoms with van der Waals surface area (Å²) in [7, 11) is 1.59. The molecule has 3 aromatic carbocycles. The topological polar surface area (TPSA) is 29.5 Å². The fraction of sp³-hybridized carbons (Fsp3) is 0.174. The van der Waals surface area contributed by atoms with E-state index in [2.05, 4.69) is 0 Å². The maximum Gasteiger partial charge on any atom is 0.268 e. The highest BCUT2D eigenvalue weighted by atomic mass is 19.1. The van der Waals surface area contributed by atoms with E-state index < -0.39 is 17.6 Å². The highest BCUT2D eigenvalue weighted by Gasteiger charge is 2.62. The van der Waals surface area contributed by atoms with Crippen LogP contribution < -0.4 is 9.64 Å². The van der Waals surface area contributed by atoms with E-state index in [4.69, 9.17) is 4.74 Å². The monoisotopic (exact) mass is 361 g/mol. The van der Waals surface area contributed by atoms with Crippen molar-refractivity contribution >= 4 is 11.6 Å². The van der Waals surface area contributed by atoms with Gasteiger partial charge >= 0.3 is 0 Å². The number of carbonyl (C=O) groups is 1. The minimum absolute atomic E-state index is 0.0545. The number of β-lactam (4-membered cyclic amide) rings is 1. The first kappa shape index (κ1) is 17.3. The molecule has 3 nitrogen and oxygen atoms in total. The molecule has 1 aliphatic heterocycles. The summed E-state index contributed by atoms with van der Waals surface area (Å²) in [6.45, 7) is 0. The number of ether oxygens (including phenoxy) is 1. The summed E-state index contributed by atoms with van der Waals surface area (Å²) in [5.74, 6) is 0.184. The first-order valence-corrected chi connectivity index (χ1v) is 8.89. The summed E-state index contributed by atoms with van der Waals surface area (Å²) in [6, 6.07) is 25.1. The van der Waals surface area contributed by atoms with Gasteiger partial charge in [0.15, 0.2) is 0 Å². The van der Waals surface area contributed by atoms with Gasteiger partial charge in [-0.05, 0) is 35.4 Å². The van der Waals surface area contributed by atoms with Crippen LogP contribution in [0.1, 0.15) is 17.2 Å². The van der Waals surface area contributed by atoms with Crippen molar-refractivity contribution in [2.24, 2.45) is 0 Å². The summed E-state index contributed by atoms with van der Waals surface area (Å²) in [5, 5.41) is 0. The molecule has 1 saturated heterocycles. The molecule has 0 aliphatic carbocycles. The molecule has 0 aromatic heterocycles. The number of methoxy groups -OCH3 is 1. The molecule has 136 valence electrons.